The molecule has 1 rings (SSSR count). The third kappa shape index (κ3) is 5.02. The molecule has 0 bridgehead atoms. The quantitative estimate of drug-likeness (QED) is 0.702. The van der Waals surface area contributed by atoms with Crippen molar-refractivity contribution < 1.29 is 9.53 Å². The summed E-state index contributed by atoms with van der Waals surface area (Å²) >= 11 is 0. The number of carbonyl (C=O) groups is 1. The van der Waals surface area contributed by atoms with Crippen LogP contribution in [0.3, 0.4) is 0 Å². The third-order valence-corrected chi connectivity index (χ3v) is 3.25. The van der Waals surface area contributed by atoms with E-state index < -0.39 is 0 Å². The van der Waals surface area contributed by atoms with Gasteiger partial charge in [0.15, 0.2) is 0 Å². The van der Waals surface area contributed by atoms with Gasteiger partial charge in [0.1, 0.15) is 0 Å². The Morgan fingerprint density at radius 2 is 2.35 bits per heavy atom. The largest absolute Gasteiger partial charge is 0.383 e. The fraction of sp³-hybridized carbons (Fsp3) is 0.917. The highest BCUT2D eigenvalue weighted by Crippen LogP contribution is 2.14. The van der Waals surface area contributed by atoms with E-state index in [1.807, 2.05) is 6.92 Å². The van der Waals surface area contributed by atoms with Gasteiger partial charge in [0.25, 0.3) is 0 Å². The number of methoxy groups -OCH3 is 1. The average molecular weight is 243 g/mol. The number of ether oxygens (including phenoxy) is 1. The summed E-state index contributed by atoms with van der Waals surface area (Å²) in [7, 11) is 1.64. The second kappa shape index (κ2) is 6.93. The van der Waals surface area contributed by atoms with E-state index in [1.165, 1.54) is 0 Å². The first-order valence-electron chi connectivity index (χ1n) is 6.29. The molecule has 0 aromatic carbocycles. The number of hydrogen-bond acceptors (Lipinski definition) is 4. The van der Waals surface area contributed by atoms with Crippen molar-refractivity contribution in [3.63, 3.8) is 0 Å². The van der Waals surface area contributed by atoms with E-state index in [4.69, 9.17) is 10.5 Å². The molecule has 1 aliphatic heterocycles. The van der Waals surface area contributed by atoms with Gasteiger partial charge in [0.2, 0.25) is 5.91 Å². The van der Waals surface area contributed by atoms with Crippen molar-refractivity contribution in [1.82, 2.24) is 10.2 Å². The van der Waals surface area contributed by atoms with Crippen LogP contribution in [0, 0.1) is 5.92 Å². The molecule has 0 aromatic heterocycles. The van der Waals surface area contributed by atoms with Crippen molar-refractivity contribution in [3.8, 4) is 0 Å². The Hall–Kier alpha value is -0.650. The van der Waals surface area contributed by atoms with E-state index >= 15 is 0 Å². The van der Waals surface area contributed by atoms with Crippen LogP contribution in [0.15, 0.2) is 0 Å². The van der Waals surface area contributed by atoms with E-state index in [9.17, 15) is 4.79 Å². The van der Waals surface area contributed by atoms with Crippen LogP contribution in [0.25, 0.3) is 0 Å². The number of rotatable bonds is 5. The molecule has 3 atom stereocenters. The number of amides is 1. The summed E-state index contributed by atoms with van der Waals surface area (Å²) in [6.45, 7) is 6.92. The number of nitrogens with two attached hydrogens (primary N) is 1. The van der Waals surface area contributed by atoms with Gasteiger partial charge < -0.3 is 15.8 Å². The van der Waals surface area contributed by atoms with Crippen molar-refractivity contribution in [2.45, 2.75) is 32.4 Å². The summed E-state index contributed by atoms with van der Waals surface area (Å²) in [5.41, 5.74) is 5.95. The van der Waals surface area contributed by atoms with Crippen LogP contribution in [-0.2, 0) is 9.53 Å². The van der Waals surface area contributed by atoms with Crippen LogP contribution in [-0.4, -0.2) is 56.2 Å². The first-order chi connectivity index (χ1) is 8.02. The molecule has 3 unspecified atom stereocenters. The second-order valence-electron chi connectivity index (χ2n) is 5.09. The highest BCUT2D eigenvalue weighted by atomic mass is 16.5. The van der Waals surface area contributed by atoms with E-state index in [0.717, 1.165) is 19.5 Å². The van der Waals surface area contributed by atoms with Crippen molar-refractivity contribution in [2.24, 2.45) is 11.7 Å². The number of carbonyl (C=O) groups excluding carboxylic acids is 1. The van der Waals surface area contributed by atoms with Crippen LogP contribution in [0.4, 0.5) is 0 Å². The van der Waals surface area contributed by atoms with Gasteiger partial charge in [-0.1, -0.05) is 6.92 Å². The monoisotopic (exact) mass is 243 g/mol. The van der Waals surface area contributed by atoms with Gasteiger partial charge in [0, 0.05) is 32.3 Å². The van der Waals surface area contributed by atoms with Gasteiger partial charge in [0.05, 0.1) is 13.2 Å². The Morgan fingerprint density at radius 3 is 2.94 bits per heavy atom. The van der Waals surface area contributed by atoms with Crippen molar-refractivity contribution in [3.05, 3.63) is 0 Å². The number of likely N-dealkylation sites (tertiary alicyclic amines) is 1. The Morgan fingerprint density at radius 1 is 1.65 bits per heavy atom. The highest BCUT2D eigenvalue weighted by Gasteiger charge is 2.24. The molecule has 1 aliphatic rings. The summed E-state index contributed by atoms with van der Waals surface area (Å²) in [6.07, 6.45) is 0.974. The first kappa shape index (κ1) is 14.4. The second-order valence-corrected chi connectivity index (χ2v) is 5.09. The summed E-state index contributed by atoms with van der Waals surface area (Å²) in [5, 5.41) is 2.92. The van der Waals surface area contributed by atoms with Crippen LogP contribution in [0.2, 0.25) is 0 Å². The molecule has 1 saturated heterocycles. The van der Waals surface area contributed by atoms with E-state index in [1.54, 1.807) is 7.11 Å². The van der Waals surface area contributed by atoms with Crippen LogP contribution in [0.5, 0.6) is 0 Å². The fourth-order valence-corrected chi connectivity index (χ4v) is 2.21. The molecule has 5 nitrogen and oxygen atoms in total. The lowest BCUT2D eigenvalue weighted by Crippen LogP contribution is -2.50. The van der Waals surface area contributed by atoms with E-state index in [2.05, 4.69) is 17.1 Å². The van der Waals surface area contributed by atoms with Crippen molar-refractivity contribution in [1.29, 1.82) is 0 Å². The molecular weight excluding hydrogens is 218 g/mol. The molecular formula is C12H25N3O2. The first-order valence-corrected chi connectivity index (χ1v) is 6.29. The zero-order valence-corrected chi connectivity index (χ0v) is 11.1. The molecule has 1 heterocycles. The Bertz CT molecular complexity index is 248. The zero-order valence-electron chi connectivity index (χ0n) is 11.1. The number of hydrogen-bond donors (Lipinski definition) is 2. The Kier molecular flexibility index (Phi) is 5.88. The van der Waals surface area contributed by atoms with Crippen LogP contribution in [0.1, 0.15) is 20.3 Å². The highest BCUT2D eigenvalue weighted by molar-refractivity contribution is 5.78. The SMILES string of the molecule is COCC(C)NC(=O)CN1CCC(N)C(C)C1. The van der Waals surface area contributed by atoms with Crippen LogP contribution < -0.4 is 11.1 Å². The predicted octanol–water partition coefficient (Wildman–Crippen LogP) is -0.193. The average Bonchev–Trinajstić information content (AvgIpc) is 2.23. The fourth-order valence-electron chi connectivity index (χ4n) is 2.21. The molecule has 1 amide bonds. The Balaban J connectivity index is 2.27. The number of nitrogens with zero attached hydrogens (tertiary/aromatic N) is 1. The number of piperidine rings is 1. The molecule has 17 heavy (non-hydrogen) atoms. The third-order valence-electron chi connectivity index (χ3n) is 3.25. The predicted molar refractivity (Wildman–Crippen MR) is 67.7 cm³/mol. The maximum atomic E-state index is 11.7. The summed E-state index contributed by atoms with van der Waals surface area (Å²) in [5.74, 6) is 0.533. The topological polar surface area (TPSA) is 67.6 Å². The summed E-state index contributed by atoms with van der Waals surface area (Å²) < 4.78 is 4.98. The summed E-state index contributed by atoms with van der Waals surface area (Å²) in [6, 6.07) is 0.346. The molecule has 1 fully saturated rings. The molecule has 5 heteroatoms. The van der Waals surface area contributed by atoms with Gasteiger partial charge in [-0.25, -0.2) is 0 Å². The van der Waals surface area contributed by atoms with E-state index in [-0.39, 0.29) is 18.0 Å². The lowest BCUT2D eigenvalue weighted by Gasteiger charge is -2.34. The maximum Gasteiger partial charge on any atom is 0.234 e. The van der Waals surface area contributed by atoms with Gasteiger partial charge in [-0.05, 0) is 19.3 Å². The summed E-state index contributed by atoms with van der Waals surface area (Å²) in [4.78, 5) is 13.9. The number of nitrogens with one attached hydrogen (secondary N) is 1. The van der Waals surface area contributed by atoms with Crippen molar-refractivity contribution in [2.75, 3.05) is 33.4 Å². The van der Waals surface area contributed by atoms with Gasteiger partial charge in [-0.15, -0.1) is 0 Å². The lowest BCUT2D eigenvalue weighted by atomic mass is 9.95. The van der Waals surface area contributed by atoms with Gasteiger partial charge >= 0.3 is 0 Å². The molecule has 3 N–H and O–H groups in total. The van der Waals surface area contributed by atoms with Gasteiger partial charge in [-0.3, -0.25) is 9.69 Å². The molecule has 100 valence electrons. The van der Waals surface area contributed by atoms with Gasteiger partial charge in [-0.2, -0.15) is 0 Å². The molecule has 0 spiro atoms. The minimum Gasteiger partial charge on any atom is -0.383 e. The Labute approximate surface area is 104 Å². The molecule has 0 aromatic rings. The lowest BCUT2D eigenvalue weighted by molar-refractivity contribution is -0.123. The normalized spacial score (nSPS) is 27.8. The maximum absolute atomic E-state index is 11.7. The van der Waals surface area contributed by atoms with E-state index in [0.29, 0.717) is 19.1 Å². The minimum atomic E-state index is 0.0666. The van der Waals surface area contributed by atoms with Crippen molar-refractivity contribution >= 4 is 5.91 Å². The zero-order chi connectivity index (χ0) is 12.8. The standard InChI is InChI=1S/C12H25N3O2/c1-9-6-15(5-4-11(9)13)7-12(16)14-10(2)8-17-3/h9-11H,4-8,13H2,1-3H3,(H,14,16). The van der Waals surface area contributed by atoms with Crippen LogP contribution >= 0.6 is 0 Å². The smallest absolute Gasteiger partial charge is 0.234 e. The molecule has 0 aliphatic carbocycles. The molecule has 0 saturated carbocycles. The molecule has 0 radical (unpaired) electrons. The minimum absolute atomic E-state index is 0.0666.